The van der Waals surface area contributed by atoms with Gasteiger partial charge in [-0.2, -0.15) is 0 Å². The van der Waals surface area contributed by atoms with Crippen molar-refractivity contribution in [2.75, 3.05) is 6.61 Å². The summed E-state index contributed by atoms with van der Waals surface area (Å²) < 4.78 is 5.13. The molecule has 1 unspecified atom stereocenters. The molecule has 0 amide bonds. The maximum atomic E-state index is 11.2. The van der Waals surface area contributed by atoms with Gasteiger partial charge in [0.1, 0.15) is 0 Å². The van der Waals surface area contributed by atoms with Crippen molar-refractivity contribution >= 4 is 5.97 Å². The number of ether oxygens (including phenoxy) is 1. The fraction of sp³-hybridized carbons (Fsp3) is 0.500. The number of rotatable bonds is 4. The van der Waals surface area contributed by atoms with E-state index >= 15 is 0 Å². The molecule has 0 radical (unpaired) electrons. The molecule has 0 aliphatic heterocycles. The third-order valence-corrected chi connectivity index (χ3v) is 3.24. The van der Waals surface area contributed by atoms with Gasteiger partial charge in [0, 0.05) is 5.57 Å². The molecule has 88 valence electrons. The van der Waals surface area contributed by atoms with Gasteiger partial charge in [-0.05, 0) is 32.1 Å². The molecular formula is C14H20O2. The first kappa shape index (κ1) is 12.8. The molecule has 0 fully saturated rings. The molecule has 1 rings (SSSR count). The largest absolute Gasteiger partial charge is 0.462 e. The summed E-state index contributed by atoms with van der Waals surface area (Å²) in [6, 6.07) is 0. The van der Waals surface area contributed by atoms with Crippen LogP contribution in [-0.2, 0) is 9.53 Å². The maximum absolute atomic E-state index is 11.2. The molecule has 0 aromatic carbocycles. The van der Waals surface area contributed by atoms with Crippen molar-refractivity contribution in [2.24, 2.45) is 5.41 Å². The molecule has 1 aliphatic carbocycles. The first-order valence-electron chi connectivity index (χ1n) is 5.62. The van der Waals surface area contributed by atoms with Crippen molar-refractivity contribution in [1.29, 1.82) is 0 Å². The first-order valence-corrected chi connectivity index (χ1v) is 5.62. The zero-order chi connectivity index (χ0) is 12.2. The lowest BCUT2D eigenvalue weighted by Crippen LogP contribution is -2.22. The van der Waals surface area contributed by atoms with E-state index in [2.05, 4.69) is 38.7 Å². The number of hydrogen-bond donors (Lipinski definition) is 0. The minimum Gasteiger partial charge on any atom is -0.462 e. The van der Waals surface area contributed by atoms with Crippen molar-refractivity contribution in [2.45, 2.75) is 33.6 Å². The van der Waals surface area contributed by atoms with Gasteiger partial charge in [-0.15, -0.1) is 0 Å². The van der Waals surface area contributed by atoms with Gasteiger partial charge < -0.3 is 4.74 Å². The van der Waals surface area contributed by atoms with Crippen molar-refractivity contribution in [3.05, 3.63) is 36.0 Å². The van der Waals surface area contributed by atoms with Gasteiger partial charge in [-0.3, -0.25) is 0 Å². The Kier molecular flexibility index (Phi) is 4.11. The minimum atomic E-state index is -0.295. The number of hydrogen-bond acceptors (Lipinski definition) is 2. The number of carbonyl (C=O) groups is 1. The highest BCUT2D eigenvalue weighted by Gasteiger charge is 2.26. The van der Waals surface area contributed by atoms with Crippen LogP contribution in [0.1, 0.15) is 33.6 Å². The fourth-order valence-electron chi connectivity index (χ4n) is 1.69. The van der Waals surface area contributed by atoms with Gasteiger partial charge in [-0.1, -0.05) is 37.3 Å². The van der Waals surface area contributed by atoms with E-state index in [0.717, 1.165) is 12.8 Å². The molecule has 0 bridgehead atoms. The Morgan fingerprint density at radius 2 is 2.31 bits per heavy atom. The Hall–Kier alpha value is -1.31. The van der Waals surface area contributed by atoms with Crippen LogP contribution < -0.4 is 0 Å². The monoisotopic (exact) mass is 220 g/mol. The summed E-state index contributed by atoms with van der Waals surface area (Å²) in [5.74, 6) is -0.295. The van der Waals surface area contributed by atoms with Crippen molar-refractivity contribution < 1.29 is 9.53 Å². The van der Waals surface area contributed by atoms with Crippen molar-refractivity contribution in [3.8, 4) is 0 Å². The Morgan fingerprint density at radius 3 is 2.88 bits per heavy atom. The molecule has 16 heavy (non-hydrogen) atoms. The highest BCUT2D eigenvalue weighted by Crippen LogP contribution is 2.37. The standard InChI is InChI=1S/C14H20O2/c1-11(2)13(15)16-10-9-14(4)8-6-5-7-12(14)3/h5-7H,1,8-10H2,2-4H3. The first-order chi connectivity index (χ1) is 7.46. The van der Waals surface area contributed by atoms with E-state index in [4.69, 9.17) is 4.74 Å². The summed E-state index contributed by atoms with van der Waals surface area (Å²) in [5, 5.41) is 0. The van der Waals surface area contributed by atoms with Crippen LogP contribution in [0, 0.1) is 5.41 Å². The van der Waals surface area contributed by atoms with Crippen LogP contribution in [0.3, 0.4) is 0 Å². The smallest absolute Gasteiger partial charge is 0.333 e. The van der Waals surface area contributed by atoms with Gasteiger partial charge in [-0.25, -0.2) is 4.79 Å². The number of allylic oxidation sites excluding steroid dienone is 4. The van der Waals surface area contributed by atoms with Crippen LogP contribution >= 0.6 is 0 Å². The average Bonchev–Trinajstić information content (AvgIpc) is 2.22. The van der Waals surface area contributed by atoms with Gasteiger partial charge >= 0.3 is 5.97 Å². The average molecular weight is 220 g/mol. The van der Waals surface area contributed by atoms with Gasteiger partial charge in [0.25, 0.3) is 0 Å². The minimum absolute atomic E-state index is 0.129. The lowest BCUT2D eigenvalue weighted by atomic mass is 9.75. The normalized spacial score (nSPS) is 23.8. The van der Waals surface area contributed by atoms with E-state index in [1.807, 2.05) is 0 Å². The summed E-state index contributed by atoms with van der Waals surface area (Å²) in [5.41, 5.74) is 1.94. The highest BCUT2D eigenvalue weighted by atomic mass is 16.5. The molecule has 0 aromatic heterocycles. The van der Waals surface area contributed by atoms with Gasteiger partial charge in [0.15, 0.2) is 0 Å². The van der Waals surface area contributed by atoms with Crippen LogP contribution in [0.4, 0.5) is 0 Å². The lowest BCUT2D eigenvalue weighted by Gasteiger charge is -2.31. The van der Waals surface area contributed by atoms with Crippen LogP contribution in [0.25, 0.3) is 0 Å². The quantitative estimate of drug-likeness (QED) is 0.536. The predicted octanol–water partition coefficient (Wildman–Crippen LogP) is 3.41. The highest BCUT2D eigenvalue weighted by molar-refractivity contribution is 5.86. The Bertz CT molecular complexity index is 350. The second kappa shape index (κ2) is 5.15. The topological polar surface area (TPSA) is 26.3 Å². The Balaban J connectivity index is 2.44. The van der Waals surface area contributed by atoms with Crippen LogP contribution in [0.2, 0.25) is 0 Å². The predicted molar refractivity (Wildman–Crippen MR) is 66.0 cm³/mol. The molecule has 1 atom stereocenters. The zero-order valence-electron chi connectivity index (χ0n) is 10.4. The molecule has 2 heteroatoms. The molecule has 1 aliphatic rings. The van der Waals surface area contributed by atoms with Gasteiger partial charge in [0.2, 0.25) is 0 Å². The SMILES string of the molecule is C=C(C)C(=O)OCCC1(C)CC=CC=C1C. The number of carbonyl (C=O) groups excluding carboxylic acids is 1. The third kappa shape index (κ3) is 3.09. The molecule has 2 nitrogen and oxygen atoms in total. The lowest BCUT2D eigenvalue weighted by molar-refractivity contribution is -0.139. The summed E-state index contributed by atoms with van der Waals surface area (Å²) in [4.78, 5) is 11.2. The summed E-state index contributed by atoms with van der Waals surface area (Å²) >= 11 is 0. The Morgan fingerprint density at radius 1 is 1.62 bits per heavy atom. The third-order valence-electron chi connectivity index (χ3n) is 3.24. The molecule has 0 aromatic rings. The van der Waals surface area contributed by atoms with Gasteiger partial charge in [0.05, 0.1) is 6.61 Å². The summed E-state index contributed by atoms with van der Waals surface area (Å²) in [7, 11) is 0. The summed E-state index contributed by atoms with van der Waals surface area (Å²) in [6.07, 6.45) is 8.24. The molecule has 0 N–H and O–H groups in total. The molecule has 0 spiro atoms. The zero-order valence-corrected chi connectivity index (χ0v) is 10.4. The van der Waals surface area contributed by atoms with Crippen LogP contribution in [0.15, 0.2) is 36.0 Å². The van der Waals surface area contributed by atoms with Crippen LogP contribution in [0.5, 0.6) is 0 Å². The van der Waals surface area contributed by atoms with Crippen molar-refractivity contribution in [3.63, 3.8) is 0 Å². The van der Waals surface area contributed by atoms with E-state index in [0.29, 0.717) is 12.2 Å². The molecule has 0 saturated heterocycles. The van der Waals surface area contributed by atoms with E-state index in [9.17, 15) is 4.79 Å². The van der Waals surface area contributed by atoms with E-state index < -0.39 is 0 Å². The van der Waals surface area contributed by atoms with E-state index in [1.54, 1.807) is 6.92 Å². The Labute approximate surface area is 97.7 Å². The fourth-order valence-corrected chi connectivity index (χ4v) is 1.69. The van der Waals surface area contributed by atoms with Crippen molar-refractivity contribution in [1.82, 2.24) is 0 Å². The molecule has 0 heterocycles. The number of esters is 1. The van der Waals surface area contributed by atoms with E-state index in [1.165, 1.54) is 5.57 Å². The second-order valence-electron chi connectivity index (χ2n) is 4.71. The molecular weight excluding hydrogens is 200 g/mol. The van der Waals surface area contributed by atoms with E-state index in [-0.39, 0.29) is 11.4 Å². The molecule has 0 saturated carbocycles. The van der Waals surface area contributed by atoms with Crippen LogP contribution in [-0.4, -0.2) is 12.6 Å². The summed E-state index contributed by atoms with van der Waals surface area (Å²) in [6.45, 7) is 10.0. The maximum Gasteiger partial charge on any atom is 0.333 e. The second-order valence-corrected chi connectivity index (χ2v) is 4.71.